The predicted octanol–water partition coefficient (Wildman–Crippen LogP) is 2.88. The standard InChI is InChI=1S/C18H17ClF2N4O2/c1-2-16(26)22-15-10-25(8-7-18(15,20)21)17(27)14-9-13(23-24-14)11-3-5-12(19)6-4-11/h2-6,9,15H,1,7-8,10H2,(H,22,26)(H,23,24). The summed E-state index contributed by atoms with van der Waals surface area (Å²) in [6.07, 6.45) is 0.378. The molecule has 1 aromatic carbocycles. The summed E-state index contributed by atoms with van der Waals surface area (Å²) in [7, 11) is 0. The normalized spacial score (nSPS) is 18.8. The van der Waals surface area contributed by atoms with E-state index in [9.17, 15) is 18.4 Å². The van der Waals surface area contributed by atoms with Crippen molar-refractivity contribution in [3.63, 3.8) is 0 Å². The number of aromatic nitrogens is 2. The van der Waals surface area contributed by atoms with Gasteiger partial charge in [0.25, 0.3) is 11.8 Å². The van der Waals surface area contributed by atoms with Crippen LogP contribution in [-0.2, 0) is 4.79 Å². The van der Waals surface area contributed by atoms with Crippen molar-refractivity contribution in [1.29, 1.82) is 0 Å². The molecule has 0 aliphatic carbocycles. The Balaban J connectivity index is 1.75. The Kier molecular flexibility index (Phi) is 5.27. The van der Waals surface area contributed by atoms with E-state index in [4.69, 9.17) is 11.6 Å². The van der Waals surface area contributed by atoms with Crippen LogP contribution in [0.15, 0.2) is 43.0 Å². The van der Waals surface area contributed by atoms with E-state index in [0.717, 1.165) is 11.6 Å². The number of alkyl halides is 2. The fourth-order valence-electron chi connectivity index (χ4n) is 2.84. The molecule has 6 nitrogen and oxygen atoms in total. The molecule has 2 N–H and O–H groups in total. The summed E-state index contributed by atoms with van der Waals surface area (Å²) in [4.78, 5) is 25.3. The SMILES string of the molecule is C=CC(=O)NC1CN(C(=O)c2cc(-c3ccc(Cl)cc3)n[nH]2)CCC1(F)F. The number of nitrogens with zero attached hydrogens (tertiary/aromatic N) is 2. The number of hydrogen-bond donors (Lipinski definition) is 2. The molecule has 9 heteroatoms. The van der Waals surface area contributed by atoms with Gasteiger partial charge in [-0.05, 0) is 24.3 Å². The summed E-state index contributed by atoms with van der Waals surface area (Å²) in [6.45, 7) is 2.83. The van der Waals surface area contributed by atoms with Crippen molar-refractivity contribution in [2.24, 2.45) is 0 Å². The number of rotatable bonds is 4. The summed E-state index contributed by atoms with van der Waals surface area (Å²) < 4.78 is 28.1. The first-order chi connectivity index (χ1) is 12.8. The minimum atomic E-state index is -3.10. The van der Waals surface area contributed by atoms with Crippen molar-refractivity contribution in [2.45, 2.75) is 18.4 Å². The van der Waals surface area contributed by atoms with Crippen molar-refractivity contribution in [3.05, 3.63) is 53.7 Å². The van der Waals surface area contributed by atoms with Crippen molar-refractivity contribution >= 4 is 23.4 Å². The molecule has 142 valence electrons. The van der Waals surface area contributed by atoms with Crippen molar-refractivity contribution in [1.82, 2.24) is 20.4 Å². The van der Waals surface area contributed by atoms with Gasteiger partial charge in [-0.1, -0.05) is 30.3 Å². The van der Waals surface area contributed by atoms with Gasteiger partial charge in [-0.25, -0.2) is 8.78 Å². The van der Waals surface area contributed by atoms with Crippen LogP contribution in [0.2, 0.25) is 5.02 Å². The second kappa shape index (κ2) is 7.48. The van der Waals surface area contributed by atoms with Crippen LogP contribution in [0.1, 0.15) is 16.9 Å². The lowest BCUT2D eigenvalue weighted by atomic mass is 10.0. The summed E-state index contributed by atoms with van der Waals surface area (Å²) in [5, 5.41) is 9.50. The van der Waals surface area contributed by atoms with Crippen LogP contribution in [0.4, 0.5) is 8.78 Å². The average Bonchev–Trinajstić information content (AvgIpc) is 3.13. The smallest absolute Gasteiger partial charge is 0.271 e. The van der Waals surface area contributed by atoms with Crippen molar-refractivity contribution in [2.75, 3.05) is 13.1 Å². The third-order valence-corrected chi connectivity index (χ3v) is 4.62. The highest BCUT2D eigenvalue weighted by molar-refractivity contribution is 6.30. The summed E-state index contributed by atoms with van der Waals surface area (Å²) in [6, 6.07) is 7.00. The monoisotopic (exact) mass is 394 g/mol. The number of hydrogen-bond acceptors (Lipinski definition) is 3. The zero-order valence-electron chi connectivity index (χ0n) is 14.2. The van der Waals surface area contributed by atoms with Crippen molar-refractivity contribution in [3.8, 4) is 11.3 Å². The topological polar surface area (TPSA) is 78.1 Å². The Morgan fingerprint density at radius 1 is 1.37 bits per heavy atom. The molecule has 0 saturated carbocycles. The first kappa shape index (κ1) is 19.0. The van der Waals surface area contributed by atoms with E-state index in [2.05, 4.69) is 22.1 Å². The molecule has 27 heavy (non-hydrogen) atoms. The van der Waals surface area contributed by atoms with Gasteiger partial charge in [-0.2, -0.15) is 5.10 Å². The molecule has 1 aromatic heterocycles. The largest absolute Gasteiger partial charge is 0.342 e. The highest BCUT2D eigenvalue weighted by Gasteiger charge is 2.46. The van der Waals surface area contributed by atoms with Gasteiger partial charge in [-0.15, -0.1) is 0 Å². The van der Waals surface area contributed by atoms with Gasteiger partial charge in [0.1, 0.15) is 11.7 Å². The quantitative estimate of drug-likeness (QED) is 0.783. The highest BCUT2D eigenvalue weighted by atomic mass is 35.5. The zero-order chi connectivity index (χ0) is 19.6. The maximum absolute atomic E-state index is 14.0. The molecular formula is C18H17ClF2N4O2. The molecule has 1 saturated heterocycles. The molecule has 3 rings (SSSR count). The molecule has 1 aliphatic rings. The number of H-pyrrole nitrogens is 1. The summed E-state index contributed by atoms with van der Waals surface area (Å²) >= 11 is 5.85. The molecule has 1 atom stereocenters. The molecule has 0 radical (unpaired) electrons. The minimum absolute atomic E-state index is 0.123. The number of carbonyl (C=O) groups is 2. The van der Waals surface area contributed by atoms with E-state index < -0.39 is 30.2 Å². The second-order valence-electron chi connectivity index (χ2n) is 6.20. The molecule has 0 bridgehead atoms. The van der Waals surface area contributed by atoms with E-state index in [1.54, 1.807) is 30.3 Å². The van der Waals surface area contributed by atoms with Gasteiger partial charge in [0, 0.05) is 30.1 Å². The molecule has 2 amide bonds. The summed E-state index contributed by atoms with van der Waals surface area (Å²) in [5.41, 5.74) is 1.48. The first-order valence-corrected chi connectivity index (χ1v) is 8.59. The van der Waals surface area contributed by atoms with Crippen LogP contribution in [0.25, 0.3) is 11.3 Å². The number of benzene rings is 1. The second-order valence-corrected chi connectivity index (χ2v) is 6.64. The molecular weight excluding hydrogens is 378 g/mol. The Bertz CT molecular complexity index is 867. The van der Waals surface area contributed by atoms with Crippen LogP contribution >= 0.6 is 11.6 Å². The van der Waals surface area contributed by atoms with Crippen LogP contribution in [0.3, 0.4) is 0 Å². The lowest BCUT2D eigenvalue weighted by molar-refractivity contribution is -0.124. The fraction of sp³-hybridized carbons (Fsp3) is 0.278. The van der Waals surface area contributed by atoms with Gasteiger partial charge in [0.2, 0.25) is 5.91 Å². The zero-order valence-corrected chi connectivity index (χ0v) is 15.0. The number of piperidine rings is 1. The molecule has 0 spiro atoms. The Morgan fingerprint density at radius 2 is 2.07 bits per heavy atom. The Labute approximate surface area is 159 Å². The molecule has 1 aliphatic heterocycles. The fourth-order valence-corrected chi connectivity index (χ4v) is 2.97. The minimum Gasteiger partial charge on any atom is -0.342 e. The van der Waals surface area contributed by atoms with E-state index in [1.807, 2.05) is 0 Å². The van der Waals surface area contributed by atoms with Crippen LogP contribution in [0.5, 0.6) is 0 Å². The Hall–Kier alpha value is -2.74. The van der Waals surface area contributed by atoms with Crippen molar-refractivity contribution < 1.29 is 18.4 Å². The lowest BCUT2D eigenvalue weighted by Crippen LogP contribution is -2.59. The molecule has 1 fully saturated rings. The van der Waals surface area contributed by atoms with Gasteiger partial charge >= 0.3 is 0 Å². The van der Waals surface area contributed by atoms with Gasteiger partial charge in [-0.3, -0.25) is 14.7 Å². The van der Waals surface area contributed by atoms with Gasteiger partial charge in [0.05, 0.1) is 5.69 Å². The number of nitrogens with one attached hydrogen (secondary N) is 2. The summed E-state index contributed by atoms with van der Waals surface area (Å²) in [5.74, 6) is -4.27. The number of halogens is 3. The highest BCUT2D eigenvalue weighted by Crippen LogP contribution is 2.29. The number of amides is 2. The number of likely N-dealkylation sites (tertiary alicyclic amines) is 1. The van der Waals surface area contributed by atoms with Crippen LogP contribution in [0, 0.1) is 0 Å². The number of carbonyl (C=O) groups excluding carboxylic acids is 2. The predicted molar refractivity (Wildman–Crippen MR) is 96.6 cm³/mol. The first-order valence-electron chi connectivity index (χ1n) is 8.21. The van der Waals surface area contributed by atoms with E-state index in [0.29, 0.717) is 10.7 Å². The van der Waals surface area contributed by atoms with E-state index in [1.165, 1.54) is 4.90 Å². The molecule has 2 aromatic rings. The van der Waals surface area contributed by atoms with Crippen LogP contribution < -0.4 is 5.32 Å². The van der Waals surface area contributed by atoms with Crippen LogP contribution in [-0.4, -0.2) is 52.0 Å². The molecule has 1 unspecified atom stereocenters. The van der Waals surface area contributed by atoms with Gasteiger partial charge < -0.3 is 10.2 Å². The average molecular weight is 395 g/mol. The maximum Gasteiger partial charge on any atom is 0.271 e. The molecule has 2 heterocycles. The third kappa shape index (κ3) is 4.16. The maximum atomic E-state index is 14.0. The number of aromatic amines is 1. The van der Waals surface area contributed by atoms with Gasteiger partial charge in [0.15, 0.2) is 0 Å². The lowest BCUT2D eigenvalue weighted by Gasteiger charge is -2.38. The van der Waals surface area contributed by atoms with E-state index in [-0.39, 0.29) is 18.8 Å². The Morgan fingerprint density at radius 3 is 2.74 bits per heavy atom. The van der Waals surface area contributed by atoms with E-state index >= 15 is 0 Å². The third-order valence-electron chi connectivity index (χ3n) is 4.37.